The summed E-state index contributed by atoms with van der Waals surface area (Å²) in [7, 11) is 0. The molecule has 116 valence electrons. The summed E-state index contributed by atoms with van der Waals surface area (Å²) in [5, 5.41) is 6.30. The van der Waals surface area contributed by atoms with Gasteiger partial charge < -0.3 is 14.8 Å². The molecule has 3 aromatic rings. The van der Waals surface area contributed by atoms with Crippen LogP contribution in [-0.2, 0) is 0 Å². The quantitative estimate of drug-likeness (QED) is 0.744. The number of fused-ring (bicyclic) bond motifs is 1. The first-order chi connectivity index (χ1) is 11.2. The van der Waals surface area contributed by atoms with Crippen LogP contribution in [0.25, 0.3) is 11.3 Å². The molecule has 0 aliphatic carbocycles. The smallest absolute Gasteiger partial charge is 0.231 e. The lowest BCUT2D eigenvalue weighted by Crippen LogP contribution is -1.92. The van der Waals surface area contributed by atoms with Crippen LogP contribution in [0.3, 0.4) is 0 Å². The minimum Gasteiger partial charge on any atom is -0.454 e. The van der Waals surface area contributed by atoms with E-state index in [1.807, 2.05) is 23.6 Å². The Bertz CT molecular complexity index is 853. The first-order valence-electron chi connectivity index (χ1n) is 7.38. The van der Waals surface area contributed by atoms with E-state index in [-0.39, 0.29) is 6.79 Å². The molecule has 0 bridgehead atoms. The minimum atomic E-state index is 0.287. The normalized spacial score (nSPS) is 12.4. The third kappa shape index (κ3) is 2.87. The molecule has 23 heavy (non-hydrogen) atoms. The van der Waals surface area contributed by atoms with Crippen LogP contribution in [0.4, 0.5) is 10.8 Å². The van der Waals surface area contributed by atoms with Gasteiger partial charge in [0.1, 0.15) is 0 Å². The summed E-state index contributed by atoms with van der Waals surface area (Å²) < 4.78 is 10.8. The Morgan fingerprint density at radius 1 is 1.00 bits per heavy atom. The monoisotopic (exact) mass is 324 g/mol. The van der Waals surface area contributed by atoms with Crippen LogP contribution in [0.2, 0.25) is 0 Å². The number of anilines is 2. The number of hydrogen-bond acceptors (Lipinski definition) is 5. The van der Waals surface area contributed by atoms with E-state index in [1.54, 1.807) is 11.3 Å². The number of rotatable bonds is 3. The van der Waals surface area contributed by atoms with Crippen LogP contribution in [-0.4, -0.2) is 11.8 Å². The van der Waals surface area contributed by atoms with Gasteiger partial charge in [0.2, 0.25) is 6.79 Å². The van der Waals surface area contributed by atoms with E-state index >= 15 is 0 Å². The second-order valence-corrected chi connectivity index (χ2v) is 6.47. The van der Waals surface area contributed by atoms with Crippen molar-refractivity contribution < 1.29 is 9.47 Å². The summed E-state index contributed by atoms with van der Waals surface area (Å²) in [5.74, 6) is 1.57. The number of nitrogens with zero attached hydrogens (tertiary/aromatic N) is 1. The van der Waals surface area contributed by atoms with Crippen LogP contribution in [0.15, 0.2) is 41.8 Å². The van der Waals surface area contributed by atoms with Gasteiger partial charge in [-0.25, -0.2) is 4.98 Å². The van der Waals surface area contributed by atoms with E-state index in [0.717, 1.165) is 33.6 Å². The standard InChI is InChI=1S/C18H16N2O2S/c1-11-5-12(2)7-14(6-11)19-18-20-15(9-23-18)13-3-4-16-17(8-13)22-10-21-16/h3-9H,10H2,1-2H3,(H,19,20). The lowest BCUT2D eigenvalue weighted by molar-refractivity contribution is 0.174. The van der Waals surface area contributed by atoms with Crippen molar-refractivity contribution in [3.8, 4) is 22.8 Å². The maximum atomic E-state index is 5.43. The fraction of sp³-hybridized carbons (Fsp3) is 0.167. The number of thiazole rings is 1. The highest BCUT2D eigenvalue weighted by molar-refractivity contribution is 7.14. The number of ether oxygens (including phenoxy) is 2. The second-order valence-electron chi connectivity index (χ2n) is 5.61. The van der Waals surface area contributed by atoms with E-state index in [4.69, 9.17) is 9.47 Å². The van der Waals surface area contributed by atoms with Crippen LogP contribution in [0, 0.1) is 13.8 Å². The molecule has 1 aliphatic rings. The van der Waals surface area contributed by atoms with Gasteiger partial charge in [-0.3, -0.25) is 0 Å². The zero-order chi connectivity index (χ0) is 15.8. The van der Waals surface area contributed by atoms with Crippen molar-refractivity contribution in [2.45, 2.75) is 13.8 Å². The summed E-state index contributed by atoms with van der Waals surface area (Å²) in [6.07, 6.45) is 0. The maximum absolute atomic E-state index is 5.43. The van der Waals surface area contributed by atoms with Crippen molar-refractivity contribution >= 4 is 22.2 Å². The first-order valence-corrected chi connectivity index (χ1v) is 8.26. The first kappa shape index (κ1) is 14.1. The van der Waals surface area contributed by atoms with E-state index in [2.05, 4.69) is 42.3 Å². The zero-order valence-corrected chi connectivity index (χ0v) is 13.7. The van der Waals surface area contributed by atoms with Crippen molar-refractivity contribution in [2.24, 2.45) is 0 Å². The average Bonchev–Trinajstić information content (AvgIpc) is 3.14. The molecule has 2 aromatic carbocycles. The molecule has 1 N–H and O–H groups in total. The van der Waals surface area contributed by atoms with Gasteiger partial charge >= 0.3 is 0 Å². The van der Waals surface area contributed by atoms with Gasteiger partial charge in [0.25, 0.3) is 0 Å². The van der Waals surface area contributed by atoms with Gasteiger partial charge in [0.15, 0.2) is 16.6 Å². The van der Waals surface area contributed by atoms with Gasteiger partial charge in [-0.1, -0.05) is 6.07 Å². The Kier molecular flexibility index (Phi) is 3.42. The van der Waals surface area contributed by atoms with Gasteiger partial charge in [-0.05, 0) is 55.3 Å². The number of hydrogen-bond donors (Lipinski definition) is 1. The SMILES string of the molecule is Cc1cc(C)cc(Nc2nc(-c3ccc4c(c3)OCO4)cs2)c1. The minimum absolute atomic E-state index is 0.287. The predicted octanol–water partition coefficient (Wildman–Crippen LogP) is 4.90. The summed E-state index contributed by atoms with van der Waals surface area (Å²) in [6.45, 7) is 4.48. The molecule has 0 atom stereocenters. The highest BCUT2D eigenvalue weighted by Crippen LogP contribution is 2.36. The van der Waals surface area contributed by atoms with Crippen LogP contribution in [0.1, 0.15) is 11.1 Å². The van der Waals surface area contributed by atoms with E-state index in [9.17, 15) is 0 Å². The van der Waals surface area contributed by atoms with Crippen LogP contribution < -0.4 is 14.8 Å². The number of nitrogens with one attached hydrogen (secondary N) is 1. The molecule has 4 nitrogen and oxygen atoms in total. The number of aromatic nitrogens is 1. The van der Waals surface area contributed by atoms with E-state index in [1.165, 1.54) is 11.1 Å². The Balaban J connectivity index is 1.59. The van der Waals surface area contributed by atoms with Crippen molar-refractivity contribution in [2.75, 3.05) is 12.1 Å². The lowest BCUT2D eigenvalue weighted by atomic mass is 10.1. The van der Waals surface area contributed by atoms with E-state index < -0.39 is 0 Å². The molecule has 0 radical (unpaired) electrons. The molecule has 0 saturated carbocycles. The van der Waals surface area contributed by atoms with Crippen molar-refractivity contribution in [3.63, 3.8) is 0 Å². The summed E-state index contributed by atoms with van der Waals surface area (Å²) in [6, 6.07) is 12.3. The molecule has 0 fully saturated rings. The number of benzene rings is 2. The maximum Gasteiger partial charge on any atom is 0.231 e. The molecule has 0 unspecified atom stereocenters. The highest BCUT2D eigenvalue weighted by atomic mass is 32.1. The van der Waals surface area contributed by atoms with Gasteiger partial charge in [-0.2, -0.15) is 0 Å². The molecular weight excluding hydrogens is 308 g/mol. The lowest BCUT2D eigenvalue weighted by Gasteiger charge is -2.05. The fourth-order valence-electron chi connectivity index (χ4n) is 2.69. The molecule has 0 amide bonds. The van der Waals surface area contributed by atoms with E-state index in [0.29, 0.717) is 0 Å². The second kappa shape index (κ2) is 5.59. The zero-order valence-electron chi connectivity index (χ0n) is 12.9. The predicted molar refractivity (Wildman–Crippen MR) is 92.9 cm³/mol. The Morgan fingerprint density at radius 3 is 2.61 bits per heavy atom. The van der Waals surface area contributed by atoms with Gasteiger partial charge in [-0.15, -0.1) is 11.3 Å². The van der Waals surface area contributed by atoms with Gasteiger partial charge in [0, 0.05) is 16.6 Å². The molecule has 2 heterocycles. The van der Waals surface area contributed by atoms with Crippen LogP contribution >= 0.6 is 11.3 Å². The summed E-state index contributed by atoms with van der Waals surface area (Å²) >= 11 is 1.59. The summed E-state index contributed by atoms with van der Waals surface area (Å²) in [4.78, 5) is 4.67. The van der Waals surface area contributed by atoms with Gasteiger partial charge in [0.05, 0.1) is 5.69 Å². The molecular formula is C18H16N2O2S. The number of aryl methyl sites for hydroxylation is 2. The molecule has 4 rings (SSSR count). The van der Waals surface area contributed by atoms with Crippen molar-refractivity contribution in [1.29, 1.82) is 0 Å². The molecule has 1 aliphatic heterocycles. The Labute approximate surface area is 138 Å². The molecule has 1 aromatic heterocycles. The summed E-state index contributed by atoms with van der Waals surface area (Å²) in [5.41, 5.74) is 5.49. The average molecular weight is 324 g/mol. The third-order valence-corrected chi connectivity index (χ3v) is 4.40. The topological polar surface area (TPSA) is 43.4 Å². The van der Waals surface area contributed by atoms with Crippen LogP contribution in [0.5, 0.6) is 11.5 Å². The molecule has 0 spiro atoms. The van der Waals surface area contributed by atoms with Crippen molar-refractivity contribution in [3.05, 3.63) is 52.9 Å². The third-order valence-electron chi connectivity index (χ3n) is 3.65. The fourth-order valence-corrected chi connectivity index (χ4v) is 3.43. The molecule has 5 heteroatoms. The molecule has 0 saturated heterocycles. The Morgan fingerprint density at radius 2 is 1.78 bits per heavy atom. The Hall–Kier alpha value is -2.53. The van der Waals surface area contributed by atoms with Crippen molar-refractivity contribution in [1.82, 2.24) is 4.98 Å². The highest BCUT2D eigenvalue weighted by Gasteiger charge is 2.15. The largest absolute Gasteiger partial charge is 0.454 e.